The van der Waals surface area contributed by atoms with Crippen LogP contribution in [0.1, 0.15) is 30.7 Å². The molecule has 0 saturated carbocycles. The number of carboxylic acid groups (broad SMARTS) is 1. The van der Waals surface area contributed by atoms with E-state index in [1.165, 1.54) is 5.56 Å². The molecule has 0 radical (unpaired) electrons. The molecule has 0 saturated heterocycles. The number of hydrogen-bond acceptors (Lipinski definition) is 3. The van der Waals surface area contributed by atoms with E-state index in [-0.39, 0.29) is 12.7 Å². The molecule has 1 aromatic carbocycles. The molecule has 0 bridgehead atoms. The van der Waals surface area contributed by atoms with Gasteiger partial charge < -0.3 is 19.1 Å². The minimum atomic E-state index is -0.829. The lowest BCUT2D eigenvalue weighted by Crippen LogP contribution is -2.21. The summed E-state index contributed by atoms with van der Waals surface area (Å²) in [5.74, 6) is -0.829. The predicted molar refractivity (Wildman–Crippen MR) is 92.1 cm³/mol. The second-order valence-corrected chi connectivity index (χ2v) is 5.57. The van der Waals surface area contributed by atoms with E-state index in [1.54, 1.807) is 0 Å². The van der Waals surface area contributed by atoms with Crippen molar-refractivity contribution in [2.24, 2.45) is 0 Å². The van der Waals surface area contributed by atoms with Gasteiger partial charge in [-0.25, -0.2) is 0 Å². The number of nitrogens with zero attached hydrogens (tertiary/aromatic N) is 1. The summed E-state index contributed by atoms with van der Waals surface area (Å²) in [7, 11) is 0. The number of benzene rings is 1. The number of carboxylic acids is 1. The van der Waals surface area contributed by atoms with Gasteiger partial charge in [-0.1, -0.05) is 30.3 Å². The minimum Gasteiger partial charge on any atom is -0.481 e. The van der Waals surface area contributed by atoms with Crippen LogP contribution >= 0.6 is 0 Å². The van der Waals surface area contributed by atoms with Crippen LogP contribution in [0.25, 0.3) is 0 Å². The average molecular weight is 331 g/mol. The first-order chi connectivity index (χ1) is 11.6. The summed E-state index contributed by atoms with van der Waals surface area (Å²) in [4.78, 5) is 11.0. The Morgan fingerprint density at radius 1 is 1.12 bits per heavy atom. The predicted octanol–water partition coefficient (Wildman–Crippen LogP) is 3.11. The van der Waals surface area contributed by atoms with Gasteiger partial charge in [-0.05, 0) is 31.0 Å². The third-order valence-corrected chi connectivity index (χ3v) is 3.67. The van der Waals surface area contributed by atoms with Crippen molar-refractivity contribution in [2.45, 2.75) is 39.5 Å². The van der Waals surface area contributed by atoms with Gasteiger partial charge in [-0.2, -0.15) is 0 Å². The number of hydrogen-bond donors (Lipinski definition) is 1. The molecule has 2 aromatic rings. The highest BCUT2D eigenvalue weighted by molar-refractivity contribution is 5.70. The number of aliphatic carboxylic acids is 1. The first-order valence-corrected chi connectivity index (χ1v) is 8.29. The van der Waals surface area contributed by atoms with Crippen LogP contribution in [0.2, 0.25) is 0 Å². The second kappa shape index (κ2) is 9.25. The van der Waals surface area contributed by atoms with Crippen molar-refractivity contribution in [3.63, 3.8) is 0 Å². The van der Waals surface area contributed by atoms with Crippen molar-refractivity contribution < 1.29 is 19.4 Å². The fourth-order valence-corrected chi connectivity index (χ4v) is 2.70. The monoisotopic (exact) mass is 331 g/mol. The van der Waals surface area contributed by atoms with Crippen molar-refractivity contribution in [3.8, 4) is 0 Å². The van der Waals surface area contributed by atoms with Gasteiger partial charge in [0.25, 0.3) is 0 Å². The zero-order valence-electron chi connectivity index (χ0n) is 14.3. The zero-order valence-corrected chi connectivity index (χ0v) is 14.3. The molecule has 0 atom stereocenters. The number of carbonyl (C=O) groups is 1. The SMILES string of the molecule is CCOC(Cc1cc(CC(=O)O)cn1Cc1ccccc1)OCC. The molecular formula is C19H25NO4. The molecule has 5 heteroatoms. The first-order valence-electron chi connectivity index (χ1n) is 8.29. The average Bonchev–Trinajstić information content (AvgIpc) is 2.89. The van der Waals surface area contributed by atoms with Crippen LogP contribution in [0.5, 0.6) is 0 Å². The van der Waals surface area contributed by atoms with E-state index in [4.69, 9.17) is 14.6 Å². The lowest BCUT2D eigenvalue weighted by Gasteiger charge is -2.18. The summed E-state index contributed by atoms with van der Waals surface area (Å²) >= 11 is 0. The van der Waals surface area contributed by atoms with Crippen molar-refractivity contribution in [3.05, 3.63) is 59.4 Å². The quantitative estimate of drug-likeness (QED) is 0.680. The minimum absolute atomic E-state index is 0.0166. The molecule has 5 nitrogen and oxygen atoms in total. The lowest BCUT2D eigenvalue weighted by atomic mass is 10.2. The van der Waals surface area contributed by atoms with Crippen molar-refractivity contribution >= 4 is 5.97 Å². The van der Waals surface area contributed by atoms with Crippen LogP contribution in [0, 0.1) is 0 Å². The van der Waals surface area contributed by atoms with Gasteiger partial charge in [-0.3, -0.25) is 4.79 Å². The third kappa shape index (κ3) is 5.51. The van der Waals surface area contributed by atoms with E-state index in [1.807, 2.05) is 44.3 Å². The Hall–Kier alpha value is -2.11. The Labute approximate surface area is 142 Å². The highest BCUT2D eigenvalue weighted by Crippen LogP contribution is 2.16. The van der Waals surface area contributed by atoms with Gasteiger partial charge >= 0.3 is 5.97 Å². The molecule has 0 fully saturated rings. The molecule has 24 heavy (non-hydrogen) atoms. The highest BCUT2D eigenvalue weighted by Gasteiger charge is 2.15. The van der Waals surface area contributed by atoms with Gasteiger partial charge in [0.15, 0.2) is 6.29 Å². The molecule has 0 aliphatic heterocycles. The van der Waals surface area contributed by atoms with Gasteiger partial charge in [0.1, 0.15) is 0 Å². The Balaban J connectivity index is 2.22. The standard InChI is InChI=1S/C19H25NO4/c1-3-23-19(24-4-2)12-17-10-16(11-18(21)22)14-20(17)13-15-8-6-5-7-9-15/h5-10,14,19H,3-4,11-13H2,1-2H3,(H,21,22). The second-order valence-electron chi connectivity index (χ2n) is 5.57. The summed E-state index contributed by atoms with van der Waals surface area (Å²) in [6.07, 6.45) is 2.20. The maximum absolute atomic E-state index is 11.0. The van der Waals surface area contributed by atoms with Crippen LogP contribution in [-0.4, -0.2) is 35.1 Å². The van der Waals surface area contributed by atoms with Crippen LogP contribution < -0.4 is 0 Å². The van der Waals surface area contributed by atoms with E-state index in [0.29, 0.717) is 26.2 Å². The summed E-state index contributed by atoms with van der Waals surface area (Å²) < 4.78 is 13.3. The number of ether oxygens (including phenoxy) is 2. The maximum Gasteiger partial charge on any atom is 0.307 e. The Morgan fingerprint density at radius 3 is 2.38 bits per heavy atom. The molecule has 2 rings (SSSR count). The highest BCUT2D eigenvalue weighted by atomic mass is 16.7. The van der Waals surface area contributed by atoms with E-state index < -0.39 is 5.97 Å². The molecule has 130 valence electrons. The lowest BCUT2D eigenvalue weighted by molar-refractivity contribution is -0.136. The van der Waals surface area contributed by atoms with E-state index in [2.05, 4.69) is 16.7 Å². The fraction of sp³-hybridized carbons (Fsp3) is 0.421. The summed E-state index contributed by atoms with van der Waals surface area (Å²) in [6.45, 7) is 5.72. The van der Waals surface area contributed by atoms with Gasteiger partial charge in [-0.15, -0.1) is 0 Å². The topological polar surface area (TPSA) is 60.7 Å². The molecule has 1 aromatic heterocycles. The van der Waals surface area contributed by atoms with Crippen molar-refractivity contribution in [1.29, 1.82) is 0 Å². The smallest absolute Gasteiger partial charge is 0.307 e. The number of aromatic nitrogens is 1. The summed E-state index contributed by atoms with van der Waals surface area (Å²) in [6, 6.07) is 12.0. The molecule has 0 aliphatic rings. The maximum atomic E-state index is 11.0. The molecule has 1 heterocycles. The summed E-state index contributed by atoms with van der Waals surface area (Å²) in [5, 5.41) is 9.05. The van der Waals surface area contributed by atoms with Crippen molar-refractivity contribution in [2.75, 3.05) is 13.2 Å². The molecular weight excluding hydrogens is 306 g/mol. The van der Waals surface area contributed by atoms with Crippen LogP contribution in [0.3, 0.4) is 0 Å². The number of rotatable bonds is 10. The molecule has 0 spiro atoms. The van der Waals surface area contributed by atoms with Crippen LogP contribution in [0.4, 0.5) is 0 Å². The summed E-state index contributed by atoms with van der Waals surface area (Å²) in [5.41, 5.74) is 2.97. The zero-order chi connectivity index (χ0) is 17.4. The van der Waals surface area contributed by atoms with Crippen LogP contribution in [0.15, 0.2) is 42.6 Å². The third-order valence-electron chi connectivity index (χ3n) is 3.67. The normalized spacial score (nSPS) is 11.1. The Bertz CT molecular complexity index is 630. The van der Waals surface area contributed by atoms with E-state index in [9.17, 15) is 4.79 Å². The van der Waals surface area contributed by atoms with E-state index >= 15 is 0 Å². The van der Waals surface area contributed by atoms with Crippen LogP contribution in [-0.2, 0) is 33.7 Å². The Kier molecular flexibility index (Phi) is 7.03. The molecule has 0 aliphatic carbocycles. The van der Waals surface area contributed by atoms with E-state index in [0.717, 1.165) is 11.3 Å². The molecule has 1 N–H and O–H groups in total. The Morgan fingerprint density at radius 2 is 1.79 bits per heavy atom. The largest absolute Gasteiger partial charge is 0.481 e. The molecule has 0 unspecified atom stereocenters. The molecule has 0 amide bonds. The fourth-order valence-electron chi connectivity index (χ4n) is 2.70. The van der Waals surface area contributed by atoms with Gasteiger partial charge in [0, 0.05) is 38.1 Å². The van der Waals surface area contributed by atoms with Crippen molar-refractivity contribution in [1.82, 2.24) is 4.57 Å². The van der Waals surface area contributed by atoms with Gasteiger partial charge in [0.2, 0.25) is 0 Å². The van der Waals surface area contributed by atoms with Gasteiger partial charge in [0.05, 0.1) is 6.42 Å². The first kappa shape index (κ1) is 18.2.